The molecule has 0 aliphatic heterocycles. The molecule has 3 N–H and O–H groups in total. The van der Waals surface area contributed by atoms with Crippen molar-refractivity contribution in [2.45, 2.75) is 57.9 Å². The molecule has 0 aromatic heterocycles. The molecule has 0 aromatic carbocycles. The number of carbonyl (C=O) groups excluding carboxylic acids is 1. The highest BCUT2D eigenvalue weighted by Gasteiger charge is 2.54. The minimum absolute atomic E-state index is 0.00237. The molecule has 4 fully saturated rings. The average molecular weight is 250 g/mol. The SMILES string of the molecule is CC(CCN)NC(=O)C12CC3CC(CC(C3)C1)C2. The molecule has 4 rings (SSSR count). The number of hydrogen-bond donors (Lipinski definition) is 2. The number of nitrogens with two attached hydrogens (primary N) is 1. The second-order valence-electron chi connectivity index (χ2n) is 7.15. The normalized spacial score (nSPS) is 42.9. The number of amides is 1. The molecule has 4 aliphatic rings. The lowest BCUT2D eigenvalue weighted by Gasteiger charge is -2.55. The fourth-order valence-electron chi connectivity index (χ4n) is 5.09. The minimum Gasteiger partial charge on any atom is -0.353 e. The zero-order valence-electron chi connectivity index (χ0n) is 11.5. The van der Waals surface area contributed by atoms with Crippen LogP contribution in [0.5, 0.6) is 0 Å². The Hall–Kier alpha value is -0.570. The van der Waals surface area contributed by atoms with Gasteiger partial charge < -0.3 is 11.1 Å². The Morgan fingerprint density at radius 2 is 1.72 bits per heavy atom. The molecule has 4 aliphatic carbocycles. The van der Waals surface area contributed by atoms with Crippen molar-refractivity contribution in [2.24, 2.45) is 28.9 Å². The van der Waals surface area contributed by atoms with Gasteiger partial charge in [0.25, 0.3) is 0 Å². The summed E-state index contributed by atoms with van der Waals surface area (Å²) in [6.45, 7) is 2.73. The van der Waals surface area contributed by atoms with Crippen molar-refractivity contribution in [3.8, 4) is 0 Å². The first-order chi connectivity index (χ1) is 8.61. The number of rotatable bonds is 4. The summed E-state index contributed by atoms with van der Waals surface area (Å²) in [7, 11) is 0. The Labute approximate surface area is 110 Å². The van der Waals surface area contributed by atoms with Gasteiger partial charge in [-0.05, 0) is 76.2 Å². The van der Waals surface area contributed by atoms with E-state index in [1.807, 2.05) is 0 Å². The Bertz CT molecular complexity index is 304. The number of carbonyl (C=O) groups is 1. The van der Waals surface area contributed by atoms with Crippen LogP contribution in [0.15, 0.2) is 0 Å². The second-order valence-corrected chi connectivity index (χ2v) is 7.15. The Kier molecular flexibility index (Phi) is 3.13. The van der Waals surface area contributed by atoms with Crippen molar-refractivity contribution in [1.82, 2.24) is 5.32 Å². The molecule has 0 heterocycles. The summed E-state index contributed by atoms with van der Waals surface area (Å²) in [5.41, 5.74) is 5.56. The molecular formula is C15H26N2O. The molecule has 3 nitrogen and oxygen atoms in total. The summed E-state index contributed by atoms with van der Waals surface area (Å²) in [5.74, 6) is 2.85. The van der Waals surface area contributed by atoms with E-state index < -0.39 is 0 Å². The average Bonchev–Trinajstić information content (AvgIpc) is 2.27. The lowest BCUT2D eigenvalue weighted by Crippen LogP contribution is -2.55. The van der Waals surface area contributed by atoms with Gasteiger partial charge in [-0.2, -0.15) is 0 Å². The molecule has 1 atom stereocenters. The highest BCUT2D eigenvalue weighted by molar-refractivity contribution is 5.83. The third kappa shape index (κ3) is 2.07. The van der Waals surface area contributed by atoms with Crippen LogP contribution in [-0.2, 0) is 4.79 Å². The molecule has 0 aromatic rings. The van der Waals surface area contributed by atoms with Gasteiger partial charge in [0.2, 0.25) is 5.91 Å². The summed E-state index contributed by atoms with van der Waals surface area (Å²) >= 11 is 0. The first kappa shape index (κ1) is 12.5. The van der Waals surface area contributed by atoms with Crippen LogP contribution in [0.2, 0.25) is 0 Å². The Morgan fingerprint density at radius 1 is 1.22 bits per heavy atom. The smallest absolute Gasteiger partial charge is 0.226 e. The highest BCUT2D eigenvalue weighted by atomic mass is 16.2. The van der Waals surface area contributed by atoms with Gasteiger partial charge in [0.05, 0.1) is 0 Å². The van der Waals surface area contributed by atoms with Crippen molar-refractivity contribution < 1.29 is 4.79 Å². The van der Waals surface area contributed by atoms with Crippen molar-refractivity contribution >= 4 is 5.91 Å². The maximum atomic E-state index is 12.6. The number of hydrogen-bond acceptors (Lipinski definition) is 2. The van der Waals surface area contributed by atoms with Gasteiger partial charge in [-0.15, -0.1) is 0 Å². The molecule has 102 valence electrons. The molecule has 3 heteroatoms. The molecule has 18 heavy (non-hydrogen) atoms. The van der Waals surface area contributed by atoms with E-state index in [0.717, 1.165) is 43.4 Å². The zero-order chi connectivity index (χ0) is 12.8. The summed E-state index contributed by atoms with van der Waals surface area (Å²) in [5, 5.41) is 3.22. The molecule has 4 saturated carbocycles. The Morgan fingerprint density at radius 3 is 2.17 bits per heavy atom. The van der Waals surface area contributed by atoms with Gasteiger partial charge in [0.1, 0.15) is 0 Å². The van der Waals surface area contributed by atoms with E-state index in [2.05, 4.69) is 12.2 Å². The van der Waals surface area contributed by atoms with Gasteiger partial charge in [-0.3, -0.25) is 4.79 Å². The highest BCUT2D eigenvalue weighted by Crippen LogP contribution is 2.60. The van der Waals surface area contributed by atoms with E-state index in [0.29, 0.717) is 12.5 Å². The van der Waals surface area contributed by atoms with E-state index in [9.17, 15) is 4.79 Å². The summed E-state index contributed by atoms with van der Waals surface area (Å²) in [6, 6.07) is 0.232. The van der Waals surface area contributed by atoms with Gasteiger partial charge >= 0.3 is 0 Å². The van der Waals surface area contributed by atoms with Gasteiger partial charge in [0.15, 0.2) is 0 Å². The third-order valence-corrected chi connectivity index (χ3v) is 5.50. The minimum atomic E-state index is -0.00237. The molecule has 0 saturated heterocycles. The van der Waals surface area contributed by atoms with Crippen LogP contribution in [0.25, 0.3) is 0 Å². The van der Waals surface area contributed by atoms with Crippen LogP contribution in [0.1, 0.15) is 51.9 Å². The summed E-state index contributed by atoms with van der Waals surface area (Å²) in [4.78, 5) is 12.6. The van der Waals surface area contributed by atoms with Crippen molar-refractivity contribution in [2.75, 3.05) is 6.54 Å². The summed E-state index contributed by atoms with van der Waals surface area (Å²) in [6.07, 6.45) is 8.53. The first-order valence-corrected chi connectivity index (χ1v) is 7.62. The third-order valence-electron chi connectivity index (χ3n) is 5.50. The van der Waals surface area contributed by atoms with Crippen molar-refractivity contribution in [3.63, 3.8) is 0 Å². The predicted molar refractivity (Wildman–Crippen MR) is 71.9 cm³/mol. The van der Waals surface area contributed by atoms with Crippen molar-refractivity contribution in [1.29, 1.82) is 0 Å². The zero-order valence-corrected chi connectivity index (χ0v) is 11.5. The molecule has 1 unspecified atom stereocenters. The van der Waals surface area contributed by atoms with Crippen LogP contribution in [-0.4, -0.2) is 18.5 Å². The van der Waals surface area contributed by atoms with Gasteiger partial charge in [-0.25, -0.2) is 0 Å². The molecule has 4 bridgehead atoms. The van der Waals surface area contributed by atoms with Crippen LogP contribution in [0.4, 0.5) is 0 Å². The lowest BCUT2D eigenvalue weighted by molar-refractivity contribution is -0.146. The van der Waals surface area contributed by atoms with E-state index in [4.69, 9.17) is 5.73 Å². The van der Waals surface area contributed by atoms with E-state index >= 15 is 0 Å². The summed E-state index contributed by atoms with van der Waals surface area (Å²) < 4.78 is 0. The molecule has 0 radical (unpaired) electrons. The predicted octanol–water partition coefficient (Wildman–Crippen LogP) is 2.06. The monoisotopic (exact) mass is 250 g/mol. The van der Waals surface area contributed by atoms with Crippen molar-refractivity contribution in [3.05, 3.63) is 0 Å². The van der Waals surface area contributed by atoms with E-state index in [-0.39, 0.29) is 11.5 Å². The Balaban J connectivity index is 1.69. The lowest BCUT2D eigenvalue weighted by atomic mass is 9.49. The number of nitrogens with one attached hydrogen (secondary N) is 1. The van der Waals surface area contributed by atoms with Crippen LogP contribution < -0.4 is 11.1 Å². The standard InChI is InChI=1S/C15H26N2O/c1-10(2-3-16)17-14(18)15-7-11-4-12(8-15)6-13(5-11)9-15/h10-13H,2-9,16H2,1H3,(H,17,18). The maximum Gasteiger partial charge on any atom is 0.226 e. The first-order valence-electron chi connectivity index (χ1n) is 7.62. The molecular weight excluding hydrogens is 224 g/mol. The van der Waals surface area contributed by atoms with Crippen LogP contribution >= 0.6 is 0 Å². The molecule has 0 spiro atoms. The van der Waals surface area contributed by atoms with Gasteiger partial charge in [-0.1, -0.05) is 0 Å². The maximum absolute atomic E-state index is 12.6. The second kappa shape index (κ2) is 4.52. The van der Waals surface area contributed by atoms with Crippen LogP contribution in [0.3, 0.4) is 0 Å². The fourth-order valence-corrected chi connectivity index (χ4v) is 5.09. The quantitative estimate of drug-likeness (QED) is 0.802. The van der Waals surface area contributed by atoms with Crippen LogP contribution in [0, 0.1) is 23.2 Å². The fraction of sp³-hybridized carbons (Fsp3) is 0.933. The van der Waals surface area contributed by atoms with E-state index in [1.54, 1.807) is 0 Å². The van der Waals surface area contributed by atoms with E-state index in [1.165, 1.54) is 19.3 Å². The molecule has 1 amide bonds. The largest absolute Gasteiger partial charge is 0.353 e. The topological polar surface area (TPSA) is 55.1 Å². The van der Waals surface area contributed by atoms with Gasteiger partial charge in [0, 0.05) is 11.5 Å².